The number of allylic oxidation sites excluding steroid dienone is 2. The second kappa shape index (κ2) is 9.85. The lowest BCUT2D eigenvalue weighted by molar-refractivity contribution is 0.216. The molecule has 35 heavy (non-hydrogen) atoms. The van der Waals surface area contributed by atoms with Gasteiger partial charge in [0.05, 0.1) is 24.1 Å². The Kier molecular flexibility index (Phi) is 6.47. The molecule has 5 rings (SSSR count). The highest BCUT2D eigenvalue weighted by atomic mass is 16.1. The Bertz CT molecular complexity index is 1510. The number of rotatable bonds is 6. The molecule has 0 amide bonds. The van der Waals surface area contributed by atoms with Crippen molar-refractivity contribution >= 4 is 21.9 Å². The van der Waals surface area contributed by atoms with Crippen LogP contribution in [0.3, 0.4) is 0 Å². The molecule has 0 spiro atoms. The van der Waals surface area contributed by atoms with Gasteiger partial charge in [-0.15, -0.1) is 0 Å². The lowest BCUT2D eigenvalue weighted by Crippen LogP contribution is -2.30. The summed E-state index contributed by atoms with van der Waals surface area (Å²) in [4.78, 5) is 25.3. The summed E-state index contributed by atoms with van der Waals surface area (Å²) in [6.07, 6.45) is 9.04. The van der Waals surface area contributed by atoms with Crippen molar-refractivity contribution in [3.63, 3.8) is 0 Å². The van der Waals surface area contributed by atoms with Gasteiger partial charge in [-0.3, -0.25) is 19.2 Å². The Morgan fingerprint density at radius 3 is 2.66 bits per heavy atom. The molecule has 0 radical (unpaired) electrons. The smallest absolute Gasteiger partial charge is 0.278 e. The van der Waals surface area contributed by atoms with E-state index in [1.165, 1.54) is 24.8 Å². The molecule has 0 N–H and O–H groups in total. The molecule has 1 fully saturated rings. The van der Waals surface area contributed by atoms with Crippen LogP contribution in [0, 0.1) is 11.3 Å². The topological polar surface area (TPSA) is 79.7 Å². The van der Waals surface area contributed by atoms with Crippen molar-refractivity contribution in [1.82, 2.24) is 24.0 Å². The van der Waals surface area contributed by atoms with Gasteiger partial charge in [0, 0.05) is 24.7 Å². The summed E-state index contributed by atoms with van der Waals surface area (Å²) in [5.41, 5.74) is 5.37. The van der Waals surface area contributed by atoms with Crippen molar-refractivity contribution in [2.75, 3.05) is 13.1 Å². The maximum absolute atomic E-state index is 13.9. The number of likely N-dealkylation sites (tertiary alicyclic amines) is 1. The highest BCUT2D eigenvalue weighted by molar-refractivity contribution is 5.84. The van der Waals surface area contributed by atoms with Crippen LogP contribution in [-0.4, -0.2) is 37.1 Å². The zero-order valence-corrected chi connectivity index (χ0v) is 20.4. The fourth-order valence-corrected chi connectivity index (χ4v) is 4.99. The van der Waals surface area contributed by atoms with Crippen molar-refractivity contribution in [1.29, 1.82) is 5.26 Å². The third-order valence-electron chi connectivity index (χ3n) is 6.83. The van der Waals surface area contributed by atoms with Gasteiger partial charge in [-0.05, 0) is 57.5 Å². The van der Waals surface area contributed by atoms with Gasteiger partial charge in [0.15, 0.2) is 0 Å². The lowest BCUT2D eigenvalue weighted by atomic mass is 10.1. The van der Waals surface area contributed by atoms with E-state index >= 15 is 0 Å². The maximum Gasteiger partial charge on any atom is 0.278 e. The average molecular weight is 467 g/mol. The predicted octanol–water partition coefficient (Wildman–Crippen LogP) is 4.62. The minimum atomic E-state index is -0.126. The molecular weight excluding hydrogens is 436 g/mol. The van der Waals surface area contributed by atoms with Gasteiger partial charge >= 0.3 is 0 Å². The number of piperidine rings is 1. The third kappa shape index (κ3) is 4.50. The van der Waals surface area contributed by atoms with Crippen LogP contribution in [-0.2, 0) is 19.6 Å². The number of hydrogen-bond donors (Lipinski definition) is 0. The van der Waals surface area contributed by atoms with Crippen LogP contribution in [0.5, 0.6) is 0 Å². The van der Waals surface area contributed by atoms with E-state index in [1.807, 2.05) is 48.7 Å². The number of para-hydroxylation sites is 1. The van der Waals surface area contributed by atoms with Gasteiger partial charge in [0.25, 0.3) is 5.56 Å². The van der Waals surface area contributed by atoms with Crippen LogP contribution in [0.4, 0.5) is 0 Å². The van der Waals surface area contributed by atoms with E-state index in [-0.39, 0.29) is 5.56 Å². The number of benzene rings is 1. The number of fused-ring (bicyclic) bond motifs is 2. The Labute approximate surface area is 205 Å². The minimum Gasteiger partial charge on any atom is -0.332 e. The van der Waals surface area contributed by atoms with Crippen LogP contribution < -0.4 is 5.56 Å². The van der Waals surface area contributed by atoms with E-state index in [0.29, 0.717) is 36.2 Å². The van der Waals surface area contributed by atoms with Gasteiger partial charge in [-0.1, -0.05) is 36.3 Å². The molecule has 1 aromatic carbocycles. The van der Waals surface area contributed by atoms with Crippen molar-refractivity contribution in [2.45, 2.75) is 52.7 Å². The summed E-state index contributed by atoms with van der Waals surface area (Å²) in [7, 11) is 0. The van der Waals surface area contributed by atoms with Crippen LogP contribution >= 0.6 is 0 Å². The summed E-state index contributed by atoms with van der Waals surface area (Å²) in [5.74, 6) is 0. The second-order valence-corrected chi connectivity index (χ2v) is 9.52. The maximum atomic E-state index is 13.9. The number of hydrogen-bond acceptors (Lipinski definition) is 5. The molecule has 3 aromatic heterocycles. The molecule has 0 aliphatic carbocycles. The quantitative estimate of drug-likeness (QED) is 0.388. The highest BCUT2D eigenvalue weighted by Gasteiger charge is 2.24. The van der Waals surface area contributed by atoms with Gasteiger partial charge in [0.1, 0.15) is 22.7 Å². The molecule has 178 valence electrons. The zero-order valence-electron chi connectivity index (χ0n) is 20.4. The van der Waals surface area contributed by atoms with E-state index < -0.39 is 0 Å². The molecule has 0 atom stereocenters. The van der Waals surface area contributed by atoms with Crippen LogP contribution in [0.2, 0.25) is 0 Å². The molecule has 7 heteroatoms. The first-order valence-corrected chi connectivity index (χ1v) is 12.3. The first-order valence-electron chi connectivity index (χ1n) is 12.3. The van der Waals surface area contributed by atoms with Crippen LogP contribution in [0.25, 0.3) is 21.9 Å². The fraction of sp³-hybridized carbons (Fsp3) is 0.357. The first kappa shape index (κ1) is 23.0. The number of nitrogens with zero attached hydrogens (tertiary/aromatic N) is 6. The summed E-state index contributed by atoms with van der Waals surface area (Å²) in [6.45, 7) is 7.72. The molecule has 7 nitrogen and oxygen atoms in total. The van der Waals surface area contributed by atoms with Gasteiger partial charge in [-0.2, -0.15) is 5.26 Å². The van der Waals surface area contributed by atoms with Crippen LogP contribution in [0.15, 0.2) is 59.3 Å². The zero-order chi connectivity index (χ0) is 24.4. The largest absolute Gasteiger partial charge is 0.332 e. The molecule has 4 heterocycles. The number of pyridine rings is 1. The van der Waals surface area contributed by atoms with Crippen molar-refractivity contribution in [3.8, 4) is 6.07 Å². The Morgan fingerprint density at radius 2 is 1.89 bits per heavy atom. The van der Waals surface area contributed by atoms with Crippen molar-refractivity contribution in [3.05, 3.63) is 81.7 Å². The lowest BCUT2D eigenvalue weighted by Gasteiger charge is -2.27. The highest BCUT2D eigenvalue weighted by Crippen LogP contribution is 2.25. The average Bonchev–Trinajstić information content (AvgIpc) is 3.17. The second-order valence-electron chi connectivity index (χ2n) is 9.52. The third-order valence-corrected chi connectivity index (χ3v) is 6.83. The van der Waals surface area contributed by atoms with E-state index in [1.54, 1.807) is 17.1 Å². The van der Waals surface area contributed by atoms with Crippen molar-refractivity contribution in [2.24, 2.45) is 0 Å². The Morgan fingerprint density at radius 1 is 1.09 bits per heavy atom. The summed E-state index contributed by atoms with van der Waals surface area (Å²) in [5, 5.41) is 11.1. The first-order chi connectivity index (χ1) is 17.1. The van der Waals surface area contributed by atoms with Gasteiger partial charge in [-0.25, -0.2) is 4.98 Å². The number of aromatic nitrogens is 4. The Balaban J connectivity index is 1.65. The van der Waals surface area contributed by atoms with E-state index in [4.69, 9.17) is 0 Å². The Hall–Kier alpha value is -3.76. The molecule has 0 bridgehead atoms. The molecule has 4 aromatic rings. The normalized spacial score (nSPS) is 14.3. The molecule has 1 aliphatic heterocycles. The fourth-order valence-electron chi connectivity index (χ4n) is 4.99. The van der Waals surface area contributed by atoms with Crippen LogP contribution in [0.1, 0.15) is 49.9 Å². The van der Waals surface area contributed by atoms with Gasteiger partial charge < -0.3 is 4.57 Å². The standard InChI is InChI=1S/C28H30N6O/c1-20(2)11-15-34-25(18-32-13-6-3-7-14-32)23(16-29)26-27(34)28(35)33(19-31-26)17-21-10-12-30-24-9-5-4-8-22(21)24/h4-5,8-12,19H,3,6-7,13-15,17-18H2,1-2H3. The summed E-state index contributed by atoms with van der Waals surface area (Å²) >= 11 is 0. The predicted molar refractivity (Wildman–Crippen MR) is 138 cm³/mol. The minimum absolute atomic E-state index is 0.126. The van der Waals surface area contributed by atoms with Gasteiger partial charge in [0.2, 0.25) is 0 Å². The van der Waals surface area contributed by atoms with Crippen molar-refractivity contribution < 1.29 is 0 Å². The molecule has 1 aliphatic rings. The van der Waals surface area contributed by atoms with E-state index in [9.17, 15) is 10.1 Å². The molecule has 1 saturated heterocycles. The SMILES string of the molecule is CC(C)=CCn1c(CN2CCCCC2)c(C#N)c2ncn(Cc3ccnc4ccccc34)c(=O)c21. The molecular formula is C28H30N6O. The molecule has 0 unspecified atom stereocenters. The van der Waals surface area contributed by atoms with E-state index in [0.717, 1.165) is 35.2 Å². The summed E-state index contributed by atoms with van der Waals surface area (Å²) < 4.78 is 3.67. The number of nitriles is 1. The molecule has 0 saturated carbocycles. The summed E-state index contributed by atoms with van der Waals surface area (Å²) in [6, 6.07) is 12.3. The van der Waals surface area contributed by atoms with E-state index in [2.05, 4.69) is 27.0 Å². The monoisotopic (exact) mass is 466 g/mol.